The van der Waals surface area contributed by atoms with Crippen LogP contribution in [0.25, 0.3) is 0 Å². The van der Waals surface area contributed by atoms with Crippen molar-refractivity contribution in [2.24, 2.45) is 0 Å². The monoisotopic (exact) mass is 296 g/mol. The van der Waals surface area contributed by atoms with E-state index < -0.39 is 5.97 Å². The van der Waals surface area contributed by atoms with Gasteiger partial charge in [0.15, 0.2) is 0 Å². The Morgan fingerprint density at radius 1 is 1.23 bits per heavy atom. The highest BCUT2D eigenvalue weighted by Gasteiger charge is 2.18. The van der Waals surface area contributed by atoms with Gasteiger partial charge in [-0.2, -0.15) is 0 Å². The molecule has 0 spiro atoms. The van der Waals surface area contributed by atoms with Gasteiger partial charge in [-0.1, -0.05) is 6.07 Å². The van der Waals surface area contributed by atoms with Crippen molar-refractivity contribution in [3.8, 4) is 0 Å². The topological polar surface area (TPSA) is 53.4 Å². The molecule has 0 amide bonds. The Kier molecular flexibility index (Phi) is 3.94. The van der Waals surface area contributed by atoms with Gasteiger partial charge in [0.2, 0.25) is 0 Å². The van der Waals surface area contributed by atoms with Crippen LogP contribution in [0.3, 0.4) is 0 Å². The van der Waals surface area contributed by atoms with Gasteiger partial charge in [0.25, 0.3) is 0 Å². The van der Waals surface area contributed by atoms with Crippen molar-refractivity contribution in [2.75, 3.05) is 6.54 Å². The van der Waals surface area contributed by atoms with E-state index in [1.165, 1.54) is 11.1 Å². The quantitative estimate of drug-likeness (QED) is 0.946. The molecule has 0 atom stereocenters. The summed E-state index contributed by atoms with van der Waals surface area (Å²) < 4.78 is 0. The van der Waals surface area contributed by atoms with Crippen molar-refractivity contribution in [3.05, 3.63) is 64.0 Å². The molecule has 1 N–H and O–H groups in total. The Morgan fingerprint density at radius 2 is 2.05 bits per heavy atom. The van der Waals surface area contributed by atoms with E-state index in [1.54, 1.807) is 12.1 Å². The molecule has 1 aliphatic heterocycles. The highest BCUT2D eigenvalue weighted by Crippen LogP contribution is 2.22. The summed E-state index contributed by atoms with van der Waals surface area (Å²) in [4.78, 5) is 18.0. The molecule has 0 unspecified atom stereocenters. The van der Waals surface area contributed by atoms with Crippen LogP contribution in [-0.2, 0) is 19.5 Å². The summed E-state index contributed by atoms with van der Waals surface area (Å²) in [6.45, 7) is 6.67. The van der Waals surface area contributed by atoms with E-state index in [-0.39, 0.29) is 0 Å². The molecule has 1 aliphatic rings. The lowest BCUT2D eigenvalue weighted by atomic mass is 9.97. The third-order valence-electron chi connectivity index (χ3n) is 4.08. The van der Waals surface area contributed by atoms with Crippen LogP contribution in [0.2, 0.25) is 0 Å². The van der Waals surface area contributed by atoms with Crippen molar-refractivity contribution in [1.29, 1.82) is 0 Å². The second-order valence-corrected chi connectivity index (χ2v) is 6.03. The molecule has 0 bridgehead atoms. The Morgan fingerprint density at radius 3 is 2.77 bits per heavy atom. The number of aromatic nitrogens is 1. The minimum absolute atomic E-state index is 0.366. The summed E-state index contributed by atoms with van der Waals surface area (Å²) >= 11 is 0. The van der Waals surface area contributed by atoms with E-state index in [0.29, 0.717) is 5.56 Å². The summed E-state index contributed by atoms with van der Waals surface area (Å²) in [5.41, 5.74) is 6.10. The van der Waals surface area contributed by atoms with Crippen LogP contribution in [0.15, 0.2) is 30.3 Å². The van der Waals surface area contributed by atoms with E-state index in [2.05, 4.69) is 28.9 Å². The van der Waals surface area contributed by atoms with Crippen LogP contribution in [0.1, 0.15) is 38.4 Å². The van der Waals surface area contributed by atoms with Crippen LogP contribution >= 0.6 is 0 Å². The van der Waals surface area contributed by atoms with Gasteiger partial charge >= 0.3 is 5.97 Å². The number of aromatic carboxylic acids is 1. The molecule has 114 valence electrons. The summed E-state index contributed by atoms with van der Waals surface area (Å²) in [7, 11) is 0. The Balaban J connectivity index is 1.78. The maximum absolute atomic E-state index is 11.1. The Labute approximate surface area is 130 Å². The summed E-state index contributed by atoms with van der Waals surface area (Å²) in [5, 5.41) is 9.12. The number of hydrogen-bond donors (Lipinski definition) is 1. The number of carboxylic acid groups (broad SMARTS) is 1. The third kappa shape index (κ3) is 3.17. The Bertz CT molecular complexity index is 705. The van der Waals surface area contributed by atoms with Gasteiger partial charge in [-0.25, -0.2) is 4.79 Å². The normalized spacial score (nSPS) is 14.6. The molecule has 3 rings (SSSR count). The minimum Gasteiger partial charge on any atom is -0.478 e. The average Bonchev–Trinajstić information content (AvgIpc) is 2.45. The fourth-order valence-corrected chi connectivity index (χ4v) is 3.12. The number of carboxylic acids is 1. The molecule has 2 aromatic rings. The van der Waals surface area contributed by atoms with E-state index in [1.807, 2.05) is 13.0 Å². The molecule has 0 fully saturated rings. The first-order valence-electron chi connectivity index (χ1n) is 7.53. The highest BCUT2D eigenvalue weighted by molar-refractivity contribution is 5.87. The summed E-state index contributed by atoms with van der Waals surface area (Å²) in [5.74, 6) is -0.865. The molecule has 1 aromatic carbocycles. The molecule has 0 saturated carbocycles. The number of fused-ring (bicyclic) bond motifs is 1. The van der Waals surface area contributed by atoms with E-state index in [4.69, 9.17) is 5.11 Å². The molecular weight excluding hydrogens is 276 g/mol. The zero-order chi connectivity index (χ0) is 15.7. The second-order valence-electron chi connectivity index (χ2n) is 6.03. The van der Waals surface area contributed by atoms with Crippen molar-refractivity contribution < 1.29 is 9.90 Å². The zero-order valence-corrected chi connectivity index (χ0v) is 13.0. The predicted octanol–water partition coefficient (Wildman–Crippen LogP) is 2.95. The number of hydrogen-bond acceptors (Lipinski definition) is 3. The van der Waals surface area contributed by atoms with Crippen molar-refractivity contribution in [3.63, 3.8) is 0 Å². The molecule has 22 heavy (non-hydrogen) atoms. The Hall–Kier alpha value is -2.20. The first-order valence-corrected chi connectivity index (χ1v) is 7.53. The van der Waals surface area contributed by atoms with Crippen LogP contribution in [0.5, 0.6) is 0 Å². The molecule has 4 heteroatoms. The van der Waals surface area contributed by atoms with Gasteiger partial charge < -0.3 is 5.11 Å². The van der Waals surface area contributed by atoms with Crippen LogP contribution in [0.4, 0.5) is 0 Å². The van der Waals surface area contributed by atoms with Crippen LogP contribution in [-0.4, -0.2) is 27.5 Å². The fourth-order valence-electron chi connectivity index (χ4n) is 3.12. The summed E-state index contributed by atoms with van der Waals surface area (Å²) in [6.07, 6.45) is 0.958. The van der Waals surface area contributed by atoms with Crippen molar-refractivity contribution >= 4 is 5.97 Å². The van der Waals surface area contributed by atoms with Gasteiger partial charge in [0.05, 0.1) is 11.3 Å². The van der Waals surface area contributed by atoms with Crippen molar-refractivity contribution in [2.45, 2.75) is 33.4 Å². The van der Waals surface area contributed by atoms with Crippen LogP contribution < -0.4 is 0 Å². The number of pyridine rings is 1. The maximum Gasteiger partial charge on any atom is 0.335 e. The fraction of sp³-hybridized carbons (Fsp3) is 0.333. The smallest absolute Gasteiger partial charge is 0.335 e. The standard InChI is InChI=1S/C18H20N2O2/c1-12-7-13(2)19-17(8-12)11-20-6-5-14-3-4-15(18(21)22)9-16(14)10-20/h3-4,7-9H,5-6,10-11H2,1-2H3,(H,21,22). The van der Waals surface area contributed by atoms with Gasteiger partial charge in [0.1, 0.15) is 0 Å². The SMILES string of the molecule is Cc1cc(C)nc(CN2CCc3ccc(C(=O)O)cc3C2)c1. The average molecular weight is 296 g/mol. The van der Waals surface area contributed by atoms with E-state index >= 15 is 0 Å². The van der Waals surface area contributed by atoms with Gasteiger partial charge in [-0.15, -0.1) is 0 Å². The lowest BCUT2D eigenvalue weighted by Crippen LogP contribution is -2.30. The zero-order valence-electron chi connectivity index (χ0n) is 13.0. The molecule has 0 aliphatic carbocycles. The molecule has 0 radical (unpaired) electrons. The third-order valence-corrected chi connectivity index (χ3v) is 4.08. The van der Waals surface area contributed by atoms with Gasteiger partial charge in [-0.05, 0) is 61.2 Å². The molecule has 4 nitrogen and oxygen atoms in total. The first kappa shape index (κ1) is 14.7. The second kappa shape index (κ2) is 5.89. The van der Waals surface area contributed by atoms with Crippen molar-refractivity contribution in [1.82, 2.24) is 9.88 Å². The van der Waals surface area contributed by atoms with Gasteiger partial charge in [0, 0.05) is 25.3 Å². The predicted molar refractivity (Wildman–Crippen MR) is 84.9 cm³/mol. The molecule has 0 saturated heterocycles. The highest BCUT2D eigenvalue weighted by atomic mass is 16.4. The van der Waals surface area contributed by atoms with E-state index in [9.17, 15) is 4.79 Å². The minimum atomic E-state index is -0.865. The van der Waals surface area contributed by atoms with Gasteiger partial charge in [-0.3, -0.25) is 9.88 Å². The number of rotatable bonds is 3. The number of benzene rings is 1. The number of carbonyl (C=O) groups is 1. The maximum atomic E-state index is 11.1. The van der Waals surface area contributed by atoms with E-state index in [0.717, 1.165) is 43.0 Å². The lowest BCUT2D eigenvalue weighted by molar-refractivity contribution is 0.0696. The molecule has 2 heterocycles. The number of aryl methyl sites for hydroxylation is 2. The number of nitrogens with zero attached hydrogens (tertiary/aromatic N) is 2. The largest absolute Gasteiger partial charge is 0.478 e. The van der Waals surface area contributed by atoms with Crippen LogP contribution in [0, 0.1) is 13.8 Å². The summed E-state index contributed by atoms with van der Waals surface area (Å²) in [6, 6.07) is 9.65. The molecular formula is C18H20N2O2. The molecule has 1 aromatic heterocycles. The lowest BCUT2D eigenvalue weighted by Gasteiger charge is -2.28. The first-order chi connectivity index (χ1) is 10.5.